The van der Waals surface area contributed by atoms with E-state index in [9.17, 15) is 15.2 Å². The first kappa shape index (κ1) is 44.2. The zero-order valence-electron chi connectivity index (χ0n) is 27.8. The molecule has 1 N–H and O–H groups in total. The molecule has 42 heavy (non-hydrogen) atoms. The number of alkyl halides is 1. The molecule has 1 fully saturated rings. The third kappa shape index (κ3) is 31.5. The summed E-state index contributed by atoms with van der Waals surface area (Å²) in [5.74, 6) is 0. The number of ether oxygens (including phenoxy) is 2. The molecule has 0 aliphatic carbocycles. The maximum absolute atomic E-state index is 10.3. The zero-order chi connectivity index (χ0) is 30.5. The molecule has 1 aliphatic rings. The molecular weight excluding hydrogens is 618 g/mol. The molecule has 1 saturated heterocycles. The molecule has 8 heteroatoms. The van der Waals surface area contributed by atoms with E-state index < -0.39 is 15.0 Å². The molecule has 0 aromatic carbocycles. The number of halogens is 2. The average Bonchev–Trinajstić information content (AvgIpc) is 2.93. The van der Waals surface area contributed by atoms with Gasteiger partial charge in [0.15, 0.2) is 0 Å². The summed E-state index contributed by atoms with van der Waals surface area (Å²) < 4.78 is 8.24. The molecule has 1 aliphatic heterocycles. The molecule has 0 unspecified atom stereocenters. The number of nitrogens with zero attached hydrogens (tertiary/aromatic N) is 1. The second kappa shape index (κ2) is 31.0. The van der Waals surface area contributed by atoms with Crippen molar-refractivity contribution in [2.24, 2.45) is 0 Å². The summed E-state index contributed by atoms with van der Waals surface area (Å²) >= 11 is 2.91. The van der Waals surface area contributed by atoms with E-state index >= 15 is 0 Å². The fourth-order valence-corrected chi connectivity index (χ4v) is 5.62. The van der Waals surface area contributed by atoms with Crippen molar-refractivity contribution < 1.29 is 19.5 Å². The SMILES string of the molecule is CCCCCCCCCCCCCCCCCCCCCCCCCCCC(C)(C)O.Cl.O=[N+]([O-])C1(Br)COCOC1. The predicted octanol–water partition coefficient (Wildman–Crippen LogP) is 11.7. The maximum atomic E-state index is 10.3. The average molecular weight is 687 g/mol. The number of rotatable bonds is 27. The van der Waals surface area contributed by atoms with Gasteiger partial charge in [0, 0.05) is 20.9 Å². The van der Waals surface area contributed by atoms with Gasteiger partial charge in [-0.25, -0.2) is 0 Å². The lowest BCUT2D eigenvalue weighted by Crippen LogP contribution is -2.45. The lowest BCUT2D eigenvalue weighted by Gasteiger charge is -2.23. The fourth-order valence-electron chi connectivity index (χ4n) is 5.30. The Hall–Kier alpha value is 0.0500. The van der Waals surface area contributed by atoms with Gasteiger partial charge in [-0.05, 0) is 20.3 Å². The molecule has 6 nitrogen and oxygen atoms in total. The Morgan fingerprint density at radius 1 is 0.643 bits per heavy atom. The monoisotopic (exact) mass is 685 g/mol. The van der Waals surface area contributed by atoms with Crippen LogP contribution >= 0.6 is 28.3 Å². The second-order valence-electron chi connectivity index (χ2n) is 13.0. The summed E-state index contributed by atoms with van der Waals surface area (Å²) in [4.78, 5) is 9.82. The largest absolute Gasteiger partial charge is 0.390 e. The van der Waals surface area contributed by atoms with Crippen molar-refractivity contribution in [3.05, 3.63) is 10.1 Å². The number of hydrogen-bond acceptors (Lipinski definition) is 5. The topological polar surface area (TPSA) is 81.8 Å². The van der Waals surface area contributed by atoms with Crippen molar-refractivity contribution in [1.29, 1.82) is 0 Å². The van der Waals surface area contributed by atoms with Gasteiger partial charge in [0.25, 0.3) is 0 Å². The van der Waals surface area contributed by atoms with E-state index in [-0.39, 0.29) is 32.4 Å². The van der Waals surface area contributed by atoms with E-state index in [0.29, 0.717) is 0 Å². The van der Waals surface area contributed by atoms with Gasteiger partial charge < -0.3 is 14.6 Å². The number of unbranched alkanes of at least 4 members (excludes halogenated alkanes) is 24. The summed E-state index contributed by atoms with van der Waals surface area (Å²) in [5, 5.41) is 20.0. The van der Waals surface area contributed by atoms with Crippen LogP contribution in [0.1, 0.15) is 188 Å². The van der Waals surface area contributed by atoms with Crippen molar-refractivity contribution in [2.75, 3.05) is 20.0 Å². The van der Waals surface area contributed by atoms with Crippen molar-refractivity contribution in [1.82, 2.24) is 0 Å². The summed E-state index contributed by atoms with van der Waals surface area (Å²) in [7, 11) is 0. The lowest BCUT2D eigenvalue weighted by molar-refractivity contribution is -0.552. The summed E-state index contributed by atoms with van der Waals surface area (Å²) in [6, 6.07) is 0. The molecule has 0 amide bonds. The zero-order valence-corrected chi connectivity index (χ0v) is 30.2. The molecule has 254 valence electrons. The van der Waals surface area contributed by atoms with Crippen LogP contribution in [-0.2, 0) is 9.47 Å². The first-order chi connectivity index (χ1) is 19.7. The number of aliphatic hydroxyl groups is 1. The third-order valence-electron chi connectivity index (χ3n) is 8.03. The third-order valence-corrected chi connectivity index (χ3v) is 8.78. The summed E-state index contributed by atoms with van der Waals surface area (Å²) in [6.45, 7) is 6.40. The smallest absolute Gasteiger partial charge is 0.320 e. The van der Waals surface area contributed by atoms with Crippen LogP contribution in [-0.4, -0.2) is 40.1 Å². The van der Waals surface area contributed by atoms with Crippen LogP contribution in [0, 0.1) is 10.1 Å². The van der Waals surface area contributed by atoms with E-state index in [0.717, 1.165) is 6.42 Å². The first-order valence-electron chi connectivity index (χ1n) is 17.4. The van der Waals surface area contributed by atoms with E-state index in [1.54, 1.807) is 0 Å². The molecule has 0 bridgehead atoms. The van der Waals surface area contributed by atoms with Crippen LogP contribution < -0.4 is 0 Å². The van der Waals surface area contributed by atoms with E-state index in [2.05, 4.69) is 22.9 Å². The second-order valence-corrected chi connectivity index (χ2v) is 14.5. The minimum atomic E-state index is -1.23. The van der Waals surface area contributed by atoms with Gasteiger partial charge in [-0.15, -0.1) is 12.4 Å². The Bertz CT molecular complexity index is 571. The normalized spacial score (nSPS) is 14.6. The molecule has 1 heterocycles. The maximum Gasteiger partial charge on any atom is 0.320 e. The Labute approximate surface area is 274 Å². The highest BCUT2D eigenvalue weighted by Gasteiger charge is 2.43. The number of nitro groups is 1. The van der Waals surface area contributed by atoms with Crippen LogP contribution in [0.25, 0.3) is 0 Å². The van der Waals surface area contributed by atoms with Crippen LogP contribution in [0.2, 0.25) is 0 Å². The van der Waals surface area contributed by atoms with Gasteiger partial charge in [0.1, 0.15) is 20.0 Å². The molecule has 0 radical (unpaired) electrons. The number of hydrogen-bond donors (Lipinski definition) is 1. The molecule has 0 saturated carbocycles. The summed E-state index contributed by atoms with van der Waals surface area (Å²) in [6.07, 6.45) is 36.9. The predicted molar refractivity (Wildman–Crippen MR) is 185 cm³/mol. The Kier molecular flexibility index (Phi) is 32.7. The Morgan fingerprint density at radius 3 is 1.12 bits per heavy atom. The van der Waals surface area contributed by atoms with Gasteiger partial charge >= 0.3 is 4.45 Å². The van der Waals surface area contributed by atoms with E-state index in [1.807, 2.05) is 13.8 Å². The van der Waals surface area contributed by atoms with Crippen LogP contribution in [0.5, 0.6) is 0 Å². The highest BCUT2D eigenvalue weighted by molar-refractivity contribution is 9.10. The summed E-state index contributed by atoms with van der Waals surface area (Å²) in [5.41, 5.74) is -0.466. The first-order valence-corrected chi connectivity index (χ1v) is 18.2. The van der Waals surface area contributed by atoms with E-state index in [4.69, 9.17) is 9.47 Å². The minimum absolute atomic E-state index is 0. The molecular formula is C34H69BrClNO5. The van der Waals surface area contributed by atoms with Gasteiger partial charge in [-0.3, -0.25) is 10.1 Å². The highest BCUT2D eigenvalue weighted by atomic mass is 79.9. The molecule has 0 aromatic rings. The van der Waals surface area contributed by atoms with Gasteiger partial charge in [-0.1, -0.05) is 167 Å². The lowest BCUT2D eigenvalue weighted by atomic mass is 9.99. The fraction of sp³-hybridized carbons (Fsp3) is 1.00. The standard InChI is InChI=1S/C30H62O.C4H6BrNO4.ClH/c1-4-5-6-7-8-9-10-11-12-13-14-15-16-17-18-19-20-21-22-23-24-25-26-27-28-29-30(2,3)31;5-4(6(7)8)1-9-3-10-2-4;/h31H,4-29H2,1-3H3;1-3H2;1H. The Morgan fingerprint density at radius 2 is 0.905 bits per heavy atom. The van der Waals surface area contributed by atoms with Gasteiger partial charge in [0.05, 0.1) is 5.60 Å². The van der Waals surface area contributed by atoms with Crippen LogP contribution in [0.4, 0.5) is 0 Å². The molecule has 0 atom stereocenters. The van der Waals surface area contributed by atoms with Gasteiger partial charge in [-0.2, -0.15) is 0 Å². The van der Waals surface area contributed by atoms with Crippen molar-refractivity contribution in [3.63, 3.8) is 0 Å². The van der Waals surface area contributed by atoms with Crippen molar-refractivity contribution >= 4 is 28.3 Å². The van der Waals surface area contributed by atoms with Crippen LogP contribution in [0.3, 0.4) is 0 Å². The van der Waals surface area contributed by atoms with Gasteiger partial charge in [0.2, 0.25) is 0 Å². The molecule has 0 aromatic heterocycles. The Balaban J connectivity index is 0. The van der Waals surface area contributed by atoms with Crippen LogP contribution in [0.15, 0.2) is 0 Å². The van der Waals surface area contributed by atoms with Crippen molar-refractivity contribution in [2.45, 2.75) is 198 Å². The van der Waals surface area contributed by atoms with E-state index in [1.165, 1.54) is 161 Å². The quantitative estimate of drug-likeness (QED) is 0.0306. The van der Waals surface area contributed by atoms with Crippen molar-refractivity contribution in [3.8, 4) is 0 Å². The minimum Gasteiger partial charge on any atom is -0.390 e. The molecule has 0 spiro atoms. The highest BCUT2D eigenvalue weighted by Crippen LogP contribution is 2.22. The molecule has 1 rings (SSSR count).